The van der Waals surface area contributed by atoms with Crippen molar-refractivity contribution in [1.29, 1.82) is 0 Å². The zero-order valence-electron chi connectivity index (χ0n) is 13.4. The molecule has 0 bridgehead atoms. The summed E-state index contributed by atoms with van der Waals surface area (Å²) in [6.07, 6.45) is 3.29. The zero-order valence-corrected chi connectivity index (χ0v) is 13.4. The summed E-state index contributed by atoms with van der Waals surface area (Å²) in [5.74, 6) is 0.880. The van der Waals surface area contributed by atoms with Gasteiger partial charge in [0.1, 0.15) is 18.4 Å². The molecule has 0 unspecified atom stereocenters. The van der Waals surface area contributed by atoms with Crippen LogP contribution in [-0.2, 0) is 6.54 Å². The Morgan fingerprint density at radius 1 is 0.917 bits per heavy atom. The summed E-state index contributed by atoms with van der Waals surface area (Å²) < 4.78 is 7.11. The van der Waals surface area contributed by atoms with Gasteiger partial charge in [0.25, 0.3) is 0 Å². The number of nitrogens with zero attached hydrogens (tertiary/aromatic N) is 3. The summed E-state index contributed by atoms with van der Waals surface area (Å²) >= 11 is 0. The highest BCUT2D eigenvalue weighted by Crippen LogP contribution is 2.27. The van der Waals surface area contributed by atoms with Crippen LogP contribution in [0.15, 0.2) is 73.3 Å². The fourth-order valence-electron chi connectivity index (χ4n) is 2.88. The van der Waals surface area contributed by atoms with Crippen LogP contribution in [0.3, 0.4) is 0 Å². The first kappa shape index (κ1) is 14.5. The fourth-order valence-corrected chi connectivity index (χ4v) is 2.88. The summed E-state index contributed by atoms with van der Waals surface area (Å²) in [5, 5.41) is 6.55. The summed E-state index contributed by atoms with van der Waals surface area (Å²) in [6, 6.07) is 21.2. The number of aromatic nitrogens is 3. The van der Waals surface area contributed by atoms with Gasteiger partial charge in [-0.05, 0) is 51.7 Å². The average molecular weight is 315 g/mol. The highest BCUT2D eigenvalue weighted by Gasteiger charge is 2.03. The van der Waals surface area contributed by atoms with Gasteiger partial charge in [0.15, 0.2) is 0 Å². The topological polar surface area (TPSA) is 39.9 Å². The Morgan fingerprint density at radius 3 is 2.58 bits per heavy atom. The quantitative estimate of drug-likeness (QED) is 0.568. The molecule has 0 fully saturated rings. The maximum atomic E-state index is 5.29. The molecule has 24 heavy (non-hydrogen) atoms. The molecule has 3 aromatic carbocycles. The number of ether oxygens (including phenoxy) is 1. The number of hydrogen-bond acceptors (Lipinski definition) is 3. The Labute approximate surface area is 140 Å². The maximum absolute atomic E-state index is 5.29. The summed E-state index contributed by atoms with van der Waals surface area (Å²) in [5.41, 5.74) is 3.60. The average Bonchev–Trinajstić information content (AvgIpc) is 3.14. The molecule has 0 atom stereocenters. The number of rotatable bonds is 4. The smallest absolute Gasteiger partial charge is 0.137 e. The van der Waals surface area contributed by atoms with E-state index < -0.39 is 0 Å². The number of fused-ring (bicyclic) bond motifs is 1. The van der Waals surface area contributed by atoms with Gasteiger partial charge in [-0.25, -0.2) is 9.67 Å². The molecule has 4 rings (SSSR count). The van der Waals surface area contributed by atoms with Crippen molar-refractivity contribution in [3.63, 3.8) is 0 Å². The Hall–Kier alpha value is -3.14. The van der Waals surface area contributed by atoms with Gasteiger partial charge in [0, 0.05) is 0 Å². The van der Waals surface area contributed by atoms with Crippen molar-refractivity contribution in [3.05, 3.63) is 78.9 Å². The largest absolute Gasteiger partial charge is 0.497 e. The zero-order chi connectivity index (χ0) is 16.4. The monoisotopic (exact) mass is 315 g/mol. The molecule has 0 amide bonds. The molecule has 4 nitrogen and oxygen atoms in total. The molecule has 4 heteroatoms. The van der Waals surface area contributed by atoms with Gasteiger partial charge in [-0.2, -0.15) is 5.10 Å². The van der Waals surface area contributed by atoms with Crippen LogP contribution in [0.1, 0.15) is 5.56 Å². The molecule has 0 aliphatic rings. The molecule has 0 N–H and O–H groups in total. The Morgan fingerprint density at radius 2 is 1.75 bits per heavy atom. The summed E-state index contributed by atoms with van der Waals surface area (Å²) in [7, 11) is 1.69. The van der Waals surface area contributed by atoms with Crippen molar-refractivity contribution in [3.8, 4) is 16.9 Å². The first-order valence-corrected chi connectivity index (χ1v) is 7.81. The molecule has 0 aliphatic carbocycles. The van der Waals surface area contributed by atoms with Crippen LogP contribution in [-0.4, -0.2) is 21.9 Å². The summed E-state index contributed by atoms with van der Waals surface area (Å²) in [6.45, 7) is 0.721. The van der Waals surface area contributed by atoms with Crippen LogP contribution < -0.4 is 4.74 Å². The van der Waals surface area contributed by atoms with Crippen LogP contribution in [0, 0.1) is 0 Å². The minimum atomic E-state index is 0.721. The van der Waals surface area contributed by atoms with Crippen molar-refractivity contribution < 1.29 is 4.74 Å². The van der Waals surface area contributed by atoms with E-state index in [1.54, 1.807) is 19.8 Å². The maximum Gasteiger partial charge on any atom is 0.137 e. The minimum Gasteiger partial charge on any atom is -0.497 e. The normalized spacial score (nSPS) is 10.9. The molecule has 118 valence electrons. The van der Waals surface area contributed by atoms with Crippen molar-refractivity contribution in [2.75, 3.05) is 7.11 Å². The predicted octanol–water partition coefficient (Wildman–Crippen LogP) is 4.16. The SMILES string of the molecule is COc1ccc2cc(-c3cccc(Cn4cncn4)c3)ccc2c1. The number of hydrogen-bond donors (Lipinski definition) is 0. The lowest BCUT2D eigenvalue weighted by atomic mass is 9.99. The van der Waals surface area contributed by atoms with Crippen molar-refractivity contribution >= 4 is 10.8 Å². The highest BCUT2D eigenvalue weighted by molar-refractivity contribution is 5.88. The molecular weight excluding hydrogens is 298 g/mol. The fraction of sp³-hybridized carbons (Fsp3) is 0.100. The third-order valence-electron chi connectivity index (χ3n) is 4.12. The lowest BCUT2D eigenvalue weighted by Crippen LogP contribution is -1.99. The van der Waals surface area contributed by atoms with E-state index in [1.165, 1.54) is 27.5 Å². The third-order valence-corrected chi connectivity index (χ3v) is 4.12. The molecule has 4 aromatic rings. The second kappa shape index (κ2) is 6.16. The van der Waals surface area contributed by atoms with E-state index in [0.717, 1.165) is 12.3 Å². The van der Waals surface area contributed by atoms with Gasteiger partial charge in [-0.3, -0.25) is 0 Å². The van der Waals surface area contributed by atoms with E-state index in [0.29, 0.717) is 0 Å². The standard InChI is InChI=1S/C20H17N3O/c1-24-20-8-7-18-10-17(5-6-19(18)11-20)16-4-2-3-15(9-16)12-23-14-21-13-22-23/h2-11,13-14H,12H2,1H3. The van der Waals surface area contributed by atoms with E-state index in [1.807, 2.05) is 10.7 Å². The van der Waals surface area contributed by atoms with Crippen molar-refractivity contribution in [1.82, 2.24) is 14.8 Å². The third kappa shape index (κ3) is 2.86. The van der Waals surface area contributed by atoms with Gasteiger partial charge in [0.05, 0.1) is 13.7 Å². The van der Waals surface area contributed by atoms with E-state index >= 15 is 0 Å². The van der Waals surface area contributed by atoms with Crippen LogP contribution in [0.4, 0.5) is 0 Å². The second-order valence-corrected chi connectivity index (χ2v) is 5.72. The predicted molar refractivity (Wildman–Crippen MR) is 95.1 cm³/mol. The molecule has 0 saturated carbocycles. The Balaban J connectivity index is 1.69. The lowest BCUT2D eigenvalue weighted by molar-refractivity contribution is 0.415. The minimum absolute atomic E-state index is 0.721. The van der Waals surface area contributed by atoms with E-state index in [9.17, 15) is 0 Å². The van der Waals surface area contributed by atoms with Crippen LogP contribution in [0.5, 0.6) is 5.75 Å². The first-order valence-electron chi connectivity index (χ1n) is 7.81. The molecular formula is C20H17N3O. The highest BCUT2D eigenvalue weighted by atomic mass is 16.5. The van der Waals surface area contributed by atoms with Crippen LogP contribution in [0.2, 0.25) is 0 Å². The second-order valence-electron chi connectivity index (χ2n) is 5.72. The van der Waals surface area contributed by atoms with Gasteiger partial charge >= 0.3 is 0 Å². The van der Waals surface area contributed by atoms with E-state index in [-0.39, 0.29) is 0 Å². The van der Waals surface area contributed by atoms with E-state index in [4.69, 9.17) is 4.74 Å². The molecule has 0 spiro atoms. The molecule has 0 aliphatic heterocycles. The number of benzene rings is 3. The number of methoxy groups -OCH3 is 1. The summed E-state index contributed by atoms with van der Waals surface area (Å²) in [4.78, 5) is 3.99. The lowest BCUT2D eigenvalue weighted by Gasteiger charge is -2.08. The Kier molecular flexibility index (Phi) is 3.71. The van der Waals surface area contributed by atoms with Crippen LogP contribution in [0.25, 0.3) is 21.9 Å². The molecule has 0 saturated heterocycles. The first-order chi connectivity index (χ1) is 11.8. The van der Waals surface area contributed by atoms with Crippen LogP contribution >= 0.6 is 0 Å². The molecule has 0 radical (unpaired) electrons. The molecule has 1 aromatic heterocycles. The molecule has 1 heterocycles. The Bertz CT molecular complexity index is 977. The van der Waals surface area contributed by atoms with Gasteiger partial charge in [-0.1, -0.05) is 36.4 Å². The van der Waals surface area contributed by atoms with E-state index in [2.05, 4.69) is 64.7 Å². The van der Waals surface area contributed by atoms with Crippen molar-refractivity contribution in [2.24, 2.45) is 0 Å². The van der Waals surface area contributed by atoms with Gasteiger partial charge in [-0.15, -0.1) is 0 Å². The van der Waals surface area contributed by atoms with Gasteiger partial charge in [0.2, 0.25) is 0 Å². The van der Waals surface area contributed by atoms with Crippen molar-refractivity contribution in [2.45, 2.75) is 6.54 Å². The van der Waals surface area contributed by atoms with Gasteiger partial charge < -0.3 is 4.74 Å².